The van der Waals surface area contributed by atoms with Crippen molar-refractivity contribution in [1.82, 2.24) is 5.32 Å². The zero-order chi connectivity index (χ0) is 18.4. The van der Waals surface area contributed by atoms with E-state index in [2.05, 4.69) is 5.32 Å². The van der Waals surface area contributed by atoms with Crippen LogP contribution in [0.1, 0.15) is 24.2 Å². The quantitative estimate of drug-likeness (QED) is 0.595. The highest BCUT2D eigenvalue weighted by atomic mass is 16.8. The molecule has 2 heterocycles. The van der Waals surface area contributed by atoms with Crippen LogP contribution in [-0.4, -0.2) is 52.2 Å². The summed E-state index contributed by atoms with van der Waals surface area (Å²) in [4.78, 5) is 33.8. The maximum Gasteiger partial charge on any atom is 0.335 e. The monoisotopic (exact) mass is 352 g/mol. The second-order valence-electron chi connectivity index (χ2n) is 6.17. The van der Waals surface area contributed by atoms with Gasteiger partial charge in [-0.25, -0.2) is 4.79 Å². The Morgan fingerprint density at radius 1 is 1.24 bits per heavy atom. The molecule has 10 nitrogen and oxygen atoms in total. The van der Waals surface area contributed by atoms with E-state index in [0.29, 0.717) is 0 Å². The van der Waals surface area contributed by atoms with Gasteiger partial charge in [-0.15, -0.1) is 0 Å². The van der Waals surface area contributed by atoms with Crippen LogP contribution in [0.2, 0.25) is 0 Å². The van der Waals surface area contributed by atoms with E-state index in [1.165, 1.54) is 24.3 Å². The van der Waals surface area contributed by atoms with Gasteiger partial charge < -0.3 is 24.6 Å². The minimum atomic E-state index is -1.33. The number of carboxylic acid groups (broad SMARTS) is 1. The van der Waals surface area contributed by atoms with Crippen molar-refractivity contribution in [3.05, 3.63) is 39.9 Å². The summed E-state index contributed by atoms with van der Waals surface area (Å²) < 4.78 is 16.4. The van der Waals surface area contributed by atoms with Gasteiger partial charge in [0.1, 0.15) is 6.10 Å². The SMILES string of the molecule is CC1(C)O[C@H]2O[C@@H](C(=O)O)[C@@H](NC(=O)c3ccc([N+](=O)[O-])cc3)[C@H]2O1. The van der Waals surface area contributed by atoms with Crippen LogP contribution in [0.5, 0.6) is 0 Å². The standard InChI is InChI=1S/C15H16N2O8/c1-15(2)24-11-9(10(13(19)20)23-14(11)25-15)16-12(18)7-3-5-8(6-4-7)17(21)22/h3-6,9-11,14H,1-2H3,(H,16,18)(H,19,20)/t9-,10-,11-,14-/m1/s1. The highest BCUT2D eigenvalue weighted by Gasteiger charge is 2.57. The van der Waals surface area contributed by atoms with Crippen LogP contribution in [0.25, 0.3) is 0 Å². The van der Waals surface area contributed by atoms with E-state index in [4.69, 9.17) is 14.2 Å². The lowest BCUT2D eigenvalue weighted by Crippen LogP contribution is -2.50. The third kappa shape index (κ3) is 3.31. The molecule has 2 N–H and O–H groups in total. The Labute approximate surface area is 141 Å². The highest BCUT2D eigenvalue weighted by Crippen LogP contribution is 2.37. The number of nitro groups is 1. The molecular weight excluding hydrogens is 336 g/mol. The average Bonchev–Trinajstić information content (AvgIpc) is 3.00. The molecule has 10 heteroatoms. The first-order valence-electron chi connectivity index (χ1n) is 7.47. The van der Waals surface area contributed by atoms with Gasteiger partial charge in [0, 0.05) is 17.7 Å². The van der Waals surface area contributed by atoms with Crippen molar-refractivity contribution in [1.29, 1.82) is 0 Å². The Morgan fingerprint density at radius 2 is 1.88 bits per heavy atom. The lowest BCUT2D eigenvalue weighted by atomic mass is 10.1. The average molecular weight is 352 g/mol. The molecule has 1 aromatic rings. The first kappa shape index (κ1) is 17.3. The highest BCUT2D eigenvalue weighted by molar-refractivity contribution is 5.95. The Morgan fingerprint density at radius 3 is 2.44 bits per heavy atom. The Kier molecular flexibility index (Phi) is 4.19. The molecular formula is C15H16N2O8. The zero-order valence-electron chi connectivity index (χ0n) is 13.4. The van der Waals surface area contributed by atoms with Crippen LogP contribution in [0, 0.1) is 10.1 Å². The first-order valence-corrected chi connectivity index (χ1v) is 7.47. The molecule has 3 rings (SSSR count). The van der Waals surface area contributed by atoms with E-state index in [1.807, 2.05) is 0 Å². The van der Waals surface area contributed by atoms with Crippen LogP contribution in [0.3, 0.4) is 0 Å². The molecule has 25 heavy (non-hydrogen) atoms. The fourth-order valence-electron chi connectivity index (χ4n) is 2.85. The van der Waals surface area contributed by atoms with Gasteiger partial charge in [-0.1, -0.05) is 0 Å². The molecule has 0 aliphatic carbocycles. The van der Waals surface area contributed by atoms with E-state index in [-0.39, 0.29) is 11.3 Å². The van der Waals surface area contributed by atoms with Crippen LogP contribution >= 0.6 is 0 Å². The largest absolute Gasteiger partial charge is 0.479 e. The summed E-state index contributed by atoms with van der Waals surface area (Å²) >= 11 is 0. The fourth-order valence-corrected chi connectivity index (χ4v) is 2.85. The van der Waals surface area contributed by atoms with Crippen molar-refractivity contribution in [2.24, 2.45) is 0 Å². The summed E-state index contributed by atoms with van der Waals surface area (Å²) in [5.41, 5.74) is -0.00475. The number of carbonyl (C=O) groups excluding carboxylic acids is 1. The number of nitrogens with zero attached hydrogens (tertiary/aromatic N) is 1. The molecule has 0 unspecified atom stereocenters. The number of rotatable bonds is 4. The summed E-state index contributed by atoms with van der Waals surface area (Å²) in [7, 11) is 0. The van der Waals surface area contributed by atoms with Gasteiger partial charge in [-0.05, 0) is 26.0 Å². The fraction of sp³-hybridized carbons (Fsp3) is 0.467. The number of hydrogen-bond donors (Lipinski definition) is 2. The van der Waals surface area contributed by atoms with Gasteiger partial charge in [0.05, 0.1) is 11.0 Å². The lowest BCUT2D eigenvalue weighted by molar-refractivity contribution is -0.384. The molecule has 0 spiro atoms. The molecule has 0 aromatic heterocycles. The summed E-state index contributed by atoms with van der Waals surface area (Å²) in [6.07, 6.45) is -3.01. The number of fused-ring (bicyclic) bond motifs is 1. The maximum atomic E-state index is 12.4. The smallest absolute Gasteiger partial charge is 0.335 e. The van der Waals surface area contributed by atoms with Crippen molar-refractivity contribution in [3.63, 3.8) is 0 Å². The van der Waals surface area contributed by atoms with Crippen molar-refractivity contribution < 1.29 is 33.8 Å². The third-order valence-corrected chi connectivity index (χ3v) is 3.93. The van der Waals surface area contributed by atoms with E-state index in [9.17, 15) is 24.8 Å². The molecule has 0 radical (unpaired) electrons. The predicted octanol–water partition coefficient (Wildman–Crippen LogP) is 0.654. The molecule has 2 aliphatic rings. The number of nitro benzene ring substituents is 1. The number of aliphatic carboxylic acids is 1. The first-order chi connectivity index (χ1) is 11.7. The van der Waals surface area contributed by atoms with Crippen molar-refractivity contribution >= 4 is 17.6 Å². The van der Waals surface area contributed by atoms with Gasteiger partial charge in [0.15, 0.2) is 18.2 Å². The van der Waals surface area contributed by atoms with Crippen molar-refractivity contribution in [3.8, 4) is 0 Å². The van der Waals surface area contributed by atoms with E-state index >= 15 is 0 Å². The molecule has 2 fully saturated rings. The van der Waals surface area contributed by atoms with Gasteiger partial charge in [0.25, 0.3) is 11.6 Å². The Hall–Kier alpha value is -2.56. The third-order valence-electron chi connectivity index (χ3n) is 3.93. The number of amides is 1. The molecule has 1 amide bonds. The van der Waals surface area contributed by atoms with Crippen molar-refractivity contribution in [2.45, 2.75) is 44.2 Å². The minimum absolute atomic E-state index is 0.149. The van der Waals surface area contributed by atoms with E-state index < -0.39 is 47.1 Å². The number of carbonyl (C=O) groups is 2. The maximum absolute atomic E-state index is 12.4. The number of carboxylic acids is 1. The topological polar surface area (TPSA) is 137 Å². The molecule has 134 valence electrons. The number of non-ortho nitro benzene ring substituents is 1. The molecule has 4 atom stereocenters. The summed E-state index contributed by atoms with van der Waals surface area (Å²) in [5.74, 6) is -2.81. The predicted molar refractivity (Wildman–Crippen MR) is 80.7 cm³/mol. The number of benzene rings is 1. The van der Waals surface area contributed by atoms with Gasteiger partial charge in [0.2, 0.25) is 0 Å². The van der Waals surface area contributed by atoms with Crippen LogP contribution in [-0.2, 0) is 19.0 Å². The number of hydrogen-bond acceptors (Lipinski definition) is 7. The summed E-state index contributed by atoms with van der Waals surface area (Å²) in [5, 5.41) is 22.5. The summed E-state index contributed by atoms with van der Waals surface area (Å²) in [6, 6.07) is 3.98. The molecule has 0 bridgehead atoms. The zero-order valence-corrected chi connectivity index (χ0v) is 13.4. The Balaban J connectivity index is 1.77. The van der Waals surface area contributed by atoms with E-state index in [0.717, 1.165) is 0 Å². The second-order valence-corrected chi connectivity index (χ2v) is 6.17. The normalized spacial score (nSPS) is 29.8. The minimum Gasteiger partial charge on any atom is -0.479 e. The van der Waals surface area contributed by atoms with Crippen LogP contribution in [0.15, 0.2) is 24.3 Å². The molecule has 2 aliphatic heterocycles. The molecule has 2 saturated heterocycles. The molecule has 0 saturated carbocycles. The van der Waals surface area contributed by atoms with Gasteiger partial charge in [-0.3, -0.25) is 14.9 Å². The molecule has 1 aromatic carbocycles. The summed E-state index contributed by atoms with van der Waals surface area (Å²) in [6.45, 7) is 3.30. The van der Waals surface area contributed by atoms with Crippen LogP contribution < -0.4 is 5.32 Å². The van der Waals surface area contributed by atoms with Gasteiger partial charge in [-0.2, -0.15) is 0 Å². The second kappa shape index (κ2) is 6.06. The van der Waals surface area contributed by atoms with Crippen molar-refractivity contribution in [2.75, 3.05) is 0 Å². The number of nitrogens with one attached hydrogen (secondary N) is 1. The van der Waals surface area contributed by atoms with Crippen LogP contribution in [0.4, 0.5) is 5.69 Å². The lowest BCUT2D eigenvalue weighted by Gasteiger charge is -2.24. The number of ether oxygens (including phenoxy) is 3. The Bertz CT molecular complexity index is 717. The van der Waals surface area contributed by atoms with E-state index in [1.54, 1.807) is 13.8 Å². The van der Waals surface area contributed by atoms with Gasteiger partial charge >= 0.3 is 5.97 Å².